The maximum atomic E-state index is 13.9. The Kier molecular flexibility index (Phi) is 3.95. The number of nitro groups is 1. The van der Waals surface area contributed by atoms with Gasteiger partial charge in [0.25, 0.3) is 11.2 Å². The lowest BCUT2D eigenvalue weighted by Gasteiger charge is -2.06. The maximum absolute atomic E-state index is 13.9. The summed E-state index contributed by atoms with van der Waals surface area (Å²) >= 11 is 0. The minimum absolute atomic E-state index is 0.149. The highest BCUT2D eigenvalue weighted by atomic mass is 19.1. The summed E-state index contributed by atoms with van der Waals surface area (Å²) in [5.74, 6) is 0.185. The molecule has 3 aromatic rings. The summed E-state index contributed by atoms with van der Waals surface area (Å²) in [6.07, 6.45) is 2.35. The molecule has 2 heterocycles. The van der Waals surface area contributed by atoms with Gasteiger partial charge in [0.05, 0.1) is 22.9 Å². The predicted molar refractivity (Wildman–Crippen MR) is 98.1 cm³/mol. The fourth-order valence-electron chi connectivity index (χ4n) is 3.23. The molecular formula is C19H14FN3O4. The van der Waals surface area contributed by atoms with E-state index in [2.05, 4.69) is 4.98 Å². The molecule has 0 unspecified atom stereocenters. The molecule has 8 heteroatoms. The summed E-state index contributed by atoms with van der Waals surface area (Å²) in [4.78, 5) is 27.6. The minimum Gasteiger partial charge on any atom is -0.494 e. The van der Waals surface area contributed by atoms with Crippen LogP contribution >= 0.6 is 0 Å². The number of allylic oxidation sites excluding steroid dienone is 1. The zero-order valence-corrected chi connectivity index (χ0v) is 14.3. The molecule has 1 aromatic heterocycles. The summed E-state index contributed by atoms with van der Waals surface area (Å²) < 4.78 is 20.3. The number of rotatable bonds is 3. The molecule has 1 aliphatic rings. The first-order valence-electron chi connectivity index (χ1n) is 8.21. The van der Waals surface area contributed by atoms with Gasteiger partial charge in [-0.05, 0) is 41.8 Å². The lowest BCUT2D eigenvalue weighted by atomic mass is 10.1. The Morgan fingerprint density at radius 2 is 2.11 bits per heavy atom. The molecule has 0 radical (unpaired) electrons. The van der Waals surface area contributed by atoms with Gasteiger partial charge in [-0.15, -0.1) is 0 Å². The van der Waals surface area contributed by atoms with Gasteiger partial charge in [-0.3, -0.25) is 19.5 Å². The van der Waals surface area contributed by atoms with Gasteiger partial charge < -0.3 is 4.74 Å². The number of non-ortho nitro benzene ring substituents is 1. The first-order valence-corrected chi connectivity index (χ1v) is 8.21. The average Bonchev–Trinajstić information content (AvgIpc) is 3.04. The van der Waals surface area contributed by atoms with Crippen LogP contribution in [0.3, 0.4) is 0 Å². The molecule has 0 bridgehead atoms. The molecular weight excluding hydrogens is 353 g/mol. The topological polar surface area (TPSA) is 87.3 Å². The minimum atomic E-state index is -0.541. The molecule has 0 aliphatic carbocycles. The van der Waals surface area contributed by atoms with Crippen LogP contribution < -0.4 is 10.3 Å². The van der Waals surface area contributed by atoms with E-state index < -0.39 is 10.7 Å². The lowest BCUT2D eigenvalue weighted by molar-refractivity contribution is -0.384. The SMILES string of the molecule is COc1ccc(/C=C2\CCn3c2nc2ccc([N+](=O)[O-])cc2c3=O)cc1F. The van der Waals surface area contributed by atoms with Gasteiger partial charge in [-0.2, -0.15) is 0 Å². The Morgan fingerprint density at radius 3 is 2.81 bits per heavy atom. The molecule has 136 valence electrons. The summed E-state index contributed by atoms with van der Waals surface area (Å²) in [5, 5.41) is 11.2. The van der Waals surface area contributed by atoms with Crippen molar-refractivity contribution in [2.75, 3.05) is 7.11 Å². The van der Waals surface area contributed by atoms with Gasteiger partial charge in [0.15, 0.2) is 11.6 Å². The fourth-order valence-corrected chi connectivity index (χ4v) is 3.23. The number of methoxy groups -OCH3 is 1. The van der Waals surface area contributed by atoms with Crippen molar-refractivity contribution in [2.45, 2.75) is 13.0 Å². The monoisotopic (exact) mass is 367 g/mol. The van der Waals surface area contributed by atoms with Crippen LogP contribution in [-0.2, 0) is 6.54 Å². The zero-order valence-electron chi connectivity index (χ0n) is 14.3. The lowest BCUT2D eigenvalue weighted by Crippen LogP contribution is -2.20. The first-order chi connectivity index (χ1) is 13.0. The highest BCUT2D eigenvalue weighted by Crippen LogP contribution is 2.29. The van der Waals surface area contributed by atoms with E-state index in [-0.39, 0.29) is 22.4 Å². The van der Waals surface area contributed by atoms with Gasteiger partial charge in [-0.25, -0.2) is 9.37 Å². The number of nitrogens with zero attached hydrogens (tertiary/aromatic N) is 3. The number of benzene rings is 2. The van der Waals surface area contributed by atoms with E-state index in [9.17, 15) is 19.3 Å². The number of fused-ring (bicyclic) bond motifs is 2. The normalized spacial score (nSPS) is 14.5. The van der Waals surface area contributed by atoms with Crippen molar-refractivity contribution >= 4 is 28.2 Å². The average molecular weight is 367 g/mol. The molecule has 0 N–H and O–H groups in total. The molecule has 0 atom stereocenters. The summed E-state index contributed by atoms with van der Waals surface area (Å²) in [5.41, 5.74) is 1.37. The number of nitro benzene ring substituents is 1. The molecule has 0 spiro atoms. The Labute approximate surface area is 152 Å². The molecule has 0 saturated carbocycles. The highest BCUT2D eigenvalue weighted by molar-refractivity contribution is 5.85. The summed E-state index contributed by atoms with van der Waals surface area (Å²) in [6, 6.07) is 8.66. The fraction of sp³-hybridized carbons (Fsp3) is 0.158. The maximum Gasteiger partial charge on any atom is 0.270 e. The van der Waals surface area contributed by atoms with Crippen molar-refractivity contribution in [3.63, 3.8) is 0 Å². The van der Waals surface area contributed by atoms with Crippen molar-refractivity contribution in [3.05, 3.63) is 74.1 Å². The number of aromatic nitrogens is 2. The second-order valence-electron chi connectivity index (χ2n) is 6.16. The van der Waals surface area contributed by atoms with Gasteiger partial charge in [0.1, 0.15) is 5.82 Å². The number of halogens is 1. The van der Waals surface area contributed by atoms with Crippen LogP contribution in [0.1, 0.15) is 17.8 Å². The van der Waals surface area contributed by atoms with Crippen LogP contribution in [0.4, 0.5) is 10.1 Å². The highest BCUT2D eigenvalue weighted by Gasteiger charge is 2.22. The largest absolute Gasteiger partial charge is 0.494 e. The van der Waals surface area contributed by atoms with Gasteiger partial charge in [-0.1, -0.05) is 6.07 Å². The van der Waals surface area contributed by atoms with Crippen LogP contribution in [0.5, 0.6) is 5.75 Å². The van der Waals surface area contributed by atoms with Crippen molar-refractivity contribution in [1.82, 2.24) is 9.55 Å². The second kappa shape index (κ2) is 6.31. The van der Waals surface area contributed by atoms with E-state index in [4.69, 9.17) is 4.74 Å². The van der Waals surface area contributed by atoms with Gasteiger partial charge in [0, 0.05) is 18.7 Å². The number of hydrogen-bond donors (Lipinski definition) is 0. The standard InChI is InChI=1S/C19H14FN3O4/c1-27-17-5-2-11(9-15(17)20)8-12-6-7-22-18(12)21-16-4-3-13(23(25)26)10-14(16)19(22)24/h2-5,8-10H,6-7H2,1H3/b12-8+. The predicted octanol–water partition coefficient (Wildman–Crippen LogP) is 3.40. The Morgan fingerprint density at radius 1 is 1.30 bits per heavy atom. The van der Waals surface area contributed by atoms with Crippen LogP contribution in [0.2, 0.25) is 0 Å². The van der Waals surface area contributed by atoms with E-state index in [0.717, 1.165) is 5.57 Å². The molecule has 7 nitrogen and oxygen atoms in total. The number of ether oxygens (including phenoxy) is 1. The van der Waals surface area contributed by atoms with E-state index in [1.165, 1.54) is 42.0 Å². The van der Waals surface area contributed by atoms with Crippen molar-refractivity contribution in [3.8, 4) is 5.75 Å². The molecule has 4 rings (SSSR count). The van der Waals surface area contributed by atoms with Crippen LogP contribution in [0, 0.1) is 15.9 Å². The third-order valence-electron chi connectivity index (χ3n) is 4.56. The molecule has 0 fully saturated rings. The quantitative estimate of drug-likeness (QED) is 0.523. The molecule has 0 saturated heterocycles. The Balaban J connectivity index is 1.83. The molecule has 2 aromatic carbocycles. The van der Waals surface area contributed by atoms with E-state index in [1.807, 2.05) is 0 Å². The number of hydrogen-bond acceptors (Lipinski definition) is 5. The van der Waals surface area contributed by atoms with Crippen molar-refractivity contribution in [1.29, 1.82) is 0 Å². The molecule has 1 aliphatic heterocycles. The second-order valence-corrected chi connectivity index (χ2v) is 6.16. The Bertz CT molecular complexity index is 1180. The van der Waals surface area contributed by atoms with E-state index >= 15 is 0 Å². The van der Waals surface area contributed by atoms with Crippen molar-refractivity contribution in [2.24, 2.45) is 0 Å². The van der Waals surface area contributed by atoms with Crippen LogP contribution in [0.15, 0.2) is 41.2 Å². The summed E-state index contributed by atoms with van der Waals surface area (Å²) in [6.45, 7) is 0.421. The van der Waals surface area contributed by atoms with Gasteiger partial charge in [0.2, 0.25) is 0 Å². The van der Waals surface area contributed by atoms with E-state index in [1.54, 1.807) is 12.1 Å². The van der Waals surface area contributed by atoms with Crippen LogP contribution in [0.25, 0.3) is 22.6 Å². The first kappa shape index (κ1) is 16.9. The molecule has 0 amide bonds. The third-order valence-corrected chi connectivity index (χ3v) is 4.56. The van der Waals surface area contributed by atoms with Crippen LogP contribution in [-0.4, -0.2) is 21.6 Å². The zero-order chi connectivity index (χ0) is 19.1. The van der Waals surface area contributed by atoms with E-state index in [0.29, 0.717) is 29.9 Å². The smallest absolute Gasteiger partial charge is 0.270 e. The Hall–Kier alpha value is -3.55. The molecule has 27 heavy (non-hydrogen) atoms. The van der Waals surface area contributed by atoms with Gasteiger partial charge >= 0.3 is 0 Å². The third kappa shape index (κ3) is 2.84. The van der Waals surface area contributed by atoms with Crippen molar-refractivity contribution < 1.29 is 14.1 Å². The summed E-state index contributed by atoms with van der Waals surface area (Å²) in [7, 11) is 1.40.